The van der Waals surface area contributed by atoms with Crippen molar-refractivity contribution in [2.75, 3.05) is 30.5 Å². The maximum Gasteiger partial charge on any atom is 0.264 e. The van der Waals surface area contributed by atoms with Crippen molar-refractivity contribution in [2.45, 2.75) is 30.7 Å². The zero-order valence-electron chi connectivity index (χ0n) is 16.4. The molecule has 156 valence electrons. The van der Waals surface area contributed by atoms with E-state index in [-0.39, 0.29) is 29.3 Å². The lowest BCUT2D eigenvalue weighted by atomic mass is 10.0. The first-order valence-electron chi connectivity index (χ1n) is 9.71. The average molecular weight is 436 g/mol. The van der Waals surface area contributed by atoms with E-state index in [4.69, 9.17) is 0 Å². The van der Waals surface area contributed by atoms with Gasteiger partial charge >= 0.3 is 0 Å². The molecule has 0 bridgehead atoms. The number of benzene rings is 2. The predicted molar refractivity (Wildman–Crippen MR) is 116 cm³/mol. The molecule has 2 aromatic rings. The van der Waals surface area contributed by atoms with Gasteiger partial charge in [0.2, 0.25) is 0 Å². The summed E-state index contributed by atoms with van der Waals surface area (Å²) in [5.41, 5.74) is 2.19. The van der Waals surface area contributed by atoms with E-state index in [1.807, 2.05) is 31.2 Å². The van der Waals surface area contributed by atoms with Crippen molar-refractivity contribution in [1.82, 2.24) is 10.2 Å². The summed E-state index contributed by atoms with van der Waals surface area (Å²) in [5, 5.41) is 3.26. The van der Waals surface area contributed by atoms with Gasteiger partial charge in [0.1, 0.15) is 0 Å². The van der Waals surface area contributed by atoms with Crippen LogP contribution in [0.1, 0.15) is 29.3 Å². The SMILES string of the molecule is C[C@H]1CNCCN1C(=O)c1cccc(S(=O)(=O)N2CCCc3ccccc32)c1.Cl. The Bertz CT molecular complexity index is 996. The lowest BCUT2D eigenvalue weighted by Crippen LogP contribution is -2.52. The van der Waals surface area contributed by atoms with Gasteiger partial charge in [-0.1, -0.05) is 24.3 Å². The first-order chi connectivity index (χ1) is 13.5. The molecule has 2 heterocycles. The number of anilines is 1. The molecule has 0 radical (unpaired) electrons. The molecule has 2 aliphatic heterocycles. The topological polar surface area (TPSA) is 69.7 Å². The minimum atomic E-state index is -3.73. The fraction of sp³-hybridized carbons (Fsp3) is 0.381. The zero-order valence-corrected chi connectivity index (χ0v) is 18.0. The summed E-state index contributed by atoms with van der Waals surface area (Å²) < 4.78 is 28.2. The fourth-order valence-electron chi connectivity index (χ4n) is 3.97. The Morgan fingerprint density at radius 2 is 1.90 bits per heavy atom. The highest BCUT2D eigenvalue weighted by Gasteiger charge is 2.30. The lowest BCUT2D eigenvalue weighted by molar-refractivity contribution is 0.0655. The third-order valence-electron chi connectivity index (χ3n) is 5.50. The molecule has 29 heavy (non-hydrogen) atoms. The minimum absolute atomic E-state index is 0. The molecule has 8 heteroatoms. The molecular weight excluding hydrogens is 410 g/mol. The number of carbonyl (C=O) groups is 1. The Kier molecular flexibility index (Phi) is 6.51. The van der Waals surface area contributed by atoms with Crippen LogP contribution in [0.3, 0.4) is 0 Å². The van der Waals surface area contributed by atoms with Crippen LogP contribution in [-0.2, 0) is 16.4 Å². The van der Waals surface area contributed by atoms with E-state index in [9.17, 15) is 13.2 Å². The van der Waals surface area contributed by atoms with Crippen LogP contribution in [-0.4, -0.2) is 51.4 Å². The maximum absolute atomic E-state index is 13.4. The zero-order chi connectivity index (χ0) is 19.7. The van der Waals surface area contributed by atoms with Gasteiger partial charge < -0.3 is 10.2 Å². The normalized spacial score (nSPS) is 19.3. The Hall–Kier alpha value is -2.09. The second-order valence-electron chi connectivity index (χ2n) is 7.39. The molecule has 0 unspecified atom stereocenters. The van der Waals surface area contributed by atoms with E-state index < -0.39 is 10.0 Å². The van der Waals surface area contributed by atoms with Crippen LogP contribution in [0.2, 0.25) is 0 Å². The number of nitrogens with zero attached hydrogens (tertiary/aromatic N) is 2. The van der Waals surface area contributed by atoms with Crippen molar-refractivity contribution >= 4 is 34.0 Å². The van der Waals surface area contributed by atoms with Gasteiger partial charge in [0.15, 0.2) is 0 Å². The molecule has 2 aliphatic rings. The number of sulfonamides is 1. The number of amides is 1. The third kappa shape index (κ3) is 4.13. The monoisotopic (exact) mass is 435 g/mol. The first-order valence-corrected chi connectivity index (χ1v) is 11.1. The maximum atomic E-state index is 13.4. The number of nitrogens with one attached hydrogen (secondary N) is 1. The highest BCUT2D eigenvalue weighted by molar-refractivity contribution is 7.92. The van der Waals surface area contributed by atoms with Gasteiger partial charge in [-0.25, -0.2) is 8.42 Å². The molecule has 1 saturated heterocycles. The van der Waals surface area contributed by atoms with Crippen molar-refractivity contribution in [3.05, 3.63) is 59.7 Å². The molecule has 1 atom stereocenters. The van der Waals surface area contributed by atoms with Gasteiger partial charge in [-0.3, -0.25) is 9.10 Å². The molecule has 1 amide bonds. The summed E-state index contributed by atoms with van der Waals surface area (Å²) in [4.78, 5) is 14.9. The van der Waals surface area contributed by atoms with E-state index in [1.54, 1.807) is 23.1 Å². The fourth-order valence-corrected chi connectivity index (χ4v) is 5.56. The van der Waals surface area contributed by atoms with Crippen molar-refractivity contribution in [1.29, 1.82) is 0 Å². The van der Waals surface area contributed by atoms with E-state index in [1.165, 1.54) is 10.4 Å². The number of carbonyl (C=O) groups excluding carboxylic acids is 1. The summed E-state index contributed by atoms with van der Waals surface area (Å²) in [5.74, 6) is -0.120. The average Bonchev–Trinajstić information content (AvgIpc) is 2.73. The van der Waals surface area contributed by atoms with E-state index >= 15 is 0 Å². The van der Waals surface area contributed by atoms with Crippen molar-refractivity contribution < 1.29 is 13.2 Å². The predicted octanol–water partition coefficient (Wildman–Crippen LogP) is 2.68. The van der Waals surface area contributed by atoms with Gasteiger partial charge in [0.25, 0.3) is 15.9 Å². The Balaban J connectivity index is 0.00000240. The lowest BCUT2D eigenvalue weighted by Gasteiger charge is -2.34. The molecule has 0 saturated carbocycles. The molecule has 0 aliphatic carbocycles. The molecule has 0 spiro atoms. The van der Waals surface area contributed by atoms with Gasteiger partial charge in [-0.2, -0.15) is 0 Å². The quantitative estimate of drug-likeness (QED) is 0.804. The molecule has 1 fully saturated rings. The van der Waals surface area contributed by atoms with E-state index in [0.717, 1.165) is 37.2 Å². The first kappa shape index (κ1) is 21.6. The molecule has 2 aromatic carbocycles. The largest absolute Gasteiger partial charge is 0.333 e. The number of rotatable bonds is 3. The smallest absolute Gasteiger partial charge is 0.264 e. The summed E-state index contributed by atoms with van der Waals surface area (Å²) >= 11 is 0. The van der Waals surface area contributed by atoms with E-state index in [0.29, 0.717) is 18.7 Å². The second kappa shape index (κ2) is 8.73. The van der Waals surface area contributed by atoms with Gasteiger partial charge in [0.05, 0.1) is 10.6 Å². The Morgan fingerprint density at radius 3 is 2.69 bits per heavy atom. The van der Waals surface area contributed by atoms with Crippen LogP contribution in [0.15, 0.2) is 53.4 Å². The summed E-state index contributed by atoms with van der Waals surface area (Å²) in [6.45, 7) is 4.56. The van der Waals surface area contributed by atoms with Crippen LogP contribution < -0.4 is 9.62 Å². The number of halogens is 1. The van der Waals surface area contributed by atoms with Crippen LogP contribution >= 0.6 is 12.4 Å². The third-order valence-corrected chi connectivity index (χ3v) is 7.31. The summed E-state index contributed by atoms with van der Waals surface area (Å²) in [6, 6.07) is 14.1. The number of para-hydroxylation sites is 1. The number of hydrogen-bond donors (Lipinski definition) is 1. The summed E-state index contributed by atoms with van der Waals surface area (Å²) in [6.07, 6.45) is 1.66. The van der Waals surface area contributed by atoms with Crippen LogP contribution in [0.25, 0.3) is 0 Å². The number of hydrogen-bond acceptors (Lipinski definition) is 4. The number of fused-ring (bicyclic) bond motifs is 1. The van der Waals surface area contributed by atoms with Gasteiger partial charge in [0, 0.05) is 37.8 Å². The van der Waals surface area contributed by atoms with Gasteiger partial charge in [-0.05, 0) is 49.6 Å². The van der Waals surface area contributed by atoms with E-state index in [2.05, 4.69) is 5.32 Å². The Labute approximate surface area is 178 Å². The van der Waals surface area contributed by atoms with Crippen molar-refractivity contribution in [3.8, 4) is 0 Å². The number of aryl methyl sites for hydroxylation is 1. The molecule has 0 aromatic heterocycles. The van der Waals surface area contributed by atoms with Crippen molar-refractivity contribution in [3.63, 3.8) is 0 Å². The highest BCUT2D eigenvalue weighted by atomic mass is 35.5. The highest BCUT2D eigenvalue weighted by Crippen LogP contribution is 2.32. The van der Waals surface area contributed by atoms with Crippen LogP contribution in [0.4, 0.5) is 5.69 Å². The molecule has 1 N–H and O–H groups in total. The minimum Gasteiger partial charge on any atom is -0.333 e. The van der Waals surface area contributed by atoms with Gasteiger partial charge in [-0.15, -0.1) is 12.4 Å². The second-order valence-corrected chi connectivity index (χ2v) is 9.25. The molecule has 4 rings (SSSR count). The van der Waals surface area contributed by atoms with Crippen molar-refractivity contribution in [2.24, 2.45) is 0 Å². The standard InChI is InChI=1S/C21H25N3O3S.ClH/c1-16-15-22-11-13-23(16)21(25)18-7-4-9-19(14-18)28(26,27)24-12-5-8-17-6-2-3-10-20(17)24;/h2-4,6-7,9-10,14,16,22H,5,8,11-13,15H2,1H3;1H/t16-;/m0./s1. The summed E-state index contributed by atoms with van der Waals surface area (Å²) in [7, 11) is -3.73. The number of piperazine rings is 1. The molecular formula is C21H26ClN3O3S. The Morgan fingerprint density at radius 1 is 1.10 bits per heavy atom. The van der Waals surface area contributed by atoms with Crippen LogP contribution in [0, 0.1) is 0 Å². The van der Waals surface area contributed by atoms with Crippen LogP contribution in [0.5, 0.6) is 0 Å². The molecule has 6 nitrogen and oxygen atoms in total.